The van der Waals surface area contributed by atoms with Crippen LogP contribution >= 0.6 is 0 Å². The van der Waals surface area contributed by atoms with E-state index in [0.29, 0.717) is 6.54 Å². The van der Waals surface area contributed by atoms with Crippen LogP contribution in [0.15, 0.2) is 36.9 Å². The van der Waals surface area contributed by atoms with Gasteiger partial charge in [0.05, 0.1) is 5.92 Å². The summed E-state index contributed by atoms with van der Waals surface area (Å²) in [6.07, 6.45) is 1.76. The second-order valence-electron chi connectivity index (χ2n) is 3.52. The molecular weight excluding hydrogens is 174 g/mol. The first-order valence-electron chi connectivity index (χ1n) is 4.77. The molecule has 2 rings (SSSR count). The van der Waals surface area contributed by atoms with E-state index in [9.17, 15) is 4.79 Å². The highest BCUT2D eigenvalue weighted by Gasteiger charge is 2.32. The molecule has 0 spiro atoms. The molecule has 1 unspecified atom stereocenters. The number of para-hydroxylation sites is 1. The van der Waals surface area contributed by atoms with Gasteiger partial charge in [0.2, 0.25) is 5.91 Å². The van der Waals surface area contributed by atoms with E-state index in [1.807, 2.05) is 31.2 Å². The third-order valence-electron chi connectivity index (χ3n) is 2.64. The lowest BCUT2D eigenvalue weighted by molar-refractivity contribution is -0.118. The number of benzene rings is 1. The fraction of sp³-hybridized carbons (Fsp3) is 0.250. The first-order valence-corrected chi connectivity index (χ1v) is 4.77. The molecule has 0 radical (unpaired) electrons. The van der Waals surface area contributed by atoms with E-state index in [1.165, 1.54) is 0 Å². The molecule has 0 saturated heterocycles. The number of nitrogens with zero attached hydrogens (tertiary/aromatic N) is 1. The molecule has 2 heteroatoms. The van der Waals surface area contributed by atoms with Gasteiger partial charge in [0, 0.05) is 12.2 Å². The Balaban J connectivity index is 2.47. The summed E-state index contributed by atoms with van der Waals surface area (Å²) in [4.78, 5) is 13.6. The minimum atomic E-state index is -0.00819. The molecule has 1 aromatic rings. The van der Waals surface area contributed by atoms with Crippen LogP contribution in [0, 0.1) is 0 Å². The lowest BCUT2D eigenvalue weighted by Gasteiger charge is -2.14. The molecule has 0 bridgehead atoms. The van der Waals surface area contributed by atoms with Crippen molar-refractivity contribution in [2.24, 2.45) is 0 Å². The predicted octanol–water partition coefficient (Wildman–Crippen LogP) is 2.32. The van der Waals surface area contributed by atoms with Gasteiger partial charge >= 0.3 is 0 Å². The van der Waals surface area contributed by atoms with Crippen LogP contribution in [0.25, 0.3) is 0 Å². The van der Waals surface area contributed by atoms with Crippen LogP contribution < -0.4 is 4.90 Å². The van der Waals surface area contributed by atoms with Crippen LogP contribution in [-0.2, 0) is 4.79 Å². The SMILES string of the molecule is C=CCN1C(=O)C(C)c2ccccc21. The van der Waals surface area contributed by atoms with Crippen molar-refractivity contribution in [2.75, 3.05) is 11.4 Å². The first kappa shape index (κ1) is 9.00. The molecule has 0 aliphatic carbocycles. The Kier molecular flexibility index (Phi) is 2.12. The summed E-state index contributed by atoms with van der Waals surface area (Å²) in [7, 11) is 0. The van der Waals surface area contributed by atoms with Crippen LogP contribution in [0.4, 0.5) is 5.69 Å². The molecule has 0 aromatic heterocycles. The van der Waals surface area contributed by atoms with Crippen molar-refractivity contribution >= 4 is 11.6 Å². The van der Waals surface area contributed by atoms with Crippen molar-refractivity contribution in [1.29, 1.82) is 0 Å². The second kappa shape index (κ2) is 3.29. The van der Waals surface area contributed by atoms with E-state index in [1.54, 1.807) is 11.0 Å². The Bertz CT molecular complexity index is 384. The van der Waals surface area contributed by atoms with Crippen molar-refractivity contribution < 1.29 is 4.79 Å². The number of carbonyl (C=O) groups is 1. The molecule has 14 heavy (non-hydrogen) atoms. The first-order chi connectivity index (χ1) is 6.75. The fourth-order valence-corrected chi connectivity index (χ4v) is 1.90. The normalized spacial score (nSPS) is 19.6. The summed E-state index contributed by atoms with van der Waals surface area (Å²) in [6.45, 7) is 6.21. The van der Waals surface area contributed by atoms with Crippen molar-refractivity contribution in [3.05, 3.63) is 42.5 Å². The highest BCUT2D eigenvalue weighted by Crippen LogP contribution is 2.36. The smallest absolute Gasteiger partial charge is 0.234 e. The molecule has 0 N–H and O–H groups in total. The molecule has 1 aliphatic rings. The third kappa shape index (κ3) is 1.15. The molecule has 0 saturated carbocycles. The van der Waals surface area contributed by atoms with Gasteiger partial charge in [0.15, 0.2) is 0 Å². The van der Waals surface area contributed by atoms with Gasteiger partial charge in [0.1, 0.15) is 0 Å². The molecule has 1 amide bonds. The van der Waals surface area contributed by atoms with Gasteiger partial charge in [-0.2, -0.15) is 0 Å². The summed E-state index contributed by atoms with van der Waals surface area (Å²) in [6, 6.07) is 7.93. The number of rotatable bonds is 2. The van der Waals surface area contributed by atoms with E-state index in [2.05, 4.69) is 6.58 Å². The van der Waals surface area contributed by atoms with Crippen molar-refractivity contribution in [1.82, 2.24) is 0 Å². The van der Waals surface area contributed by atoms with Gasteiger partial charge in [-0.1, -0.05) is 24.3 Å². The second-order valence-corrected chi connectivity index (χ2v) is 3.52. The van der Waals surface area contributed by atoms with Crippen molar-refractivity contribution in [2.45, 2.75) is 12.8 Å². The number of fused-ring (bicyclic) bond motifs is 1. The average molecular weight is 187 g/mol. The minimum Gasteiger partial charge on any atom is -0.308 e. The fourth-order valence-electron chi connectivity index (χ4n) is 1.90. The molecular formula is C12H13NO. The molecule has 1 aromatic carbocycles. The van der Waals surface area contributed by atoms with Crippen LogP contribution in [0.1, 0.15) is 18.4 Å². The Morgan fingerprint density at radius 1 is 1.50 bits per heavy atom. The van der Waals surface area contributed by atoms with Gasteiger partial charge < -0.3 is 4.90 Å². The van der Waals surface area contributed by atoms with Gasteiger partial charge in [-0.25, -0.2) is 0 Å². The highest BCUT2D eigenvalue weighted by atomic mass is 16.2. The number of amides is 1. The van der Waals surface area contributed by atoms with Crippen LogP contribution in [0.2, 0.25) is 0 Å². The monoisotopic (exact) mass is 187 g/mol. The van der Waals surface area contributed by atoms with Crippen molar-refractivity contribution in [3.63, 3.8) is 0 Å². The largest absolute Gasteiger partial charge is 0.308 e. The standard InChI is InChI=1S/C12H13NO/c1-3-8-13-11-7-5-4-6-10(11)9(2)12(13)14/h3-7,9H,1,8H2,2H3. The zero-order valence-electron chi connectivity index (χ0n) is 8.23. The van der Waals surface area contributed by atoms with Gasteiger partial charge in [-0.3, -0.25) is 4.79 Å². The van der Waals surface area contributed by atoms with E-state index < -0.39 is 0 Å². The lowest BCUT2D eigenvalue weighted by Crippen LogP contribution is -2.27. The maximum Gasteiger partial charge on any atom is 0.234 e. The summed E-state index contributed by atoms with van der Waals surface area (Å²) >= 11 is 0. The van der Waals surface area contributed by atoms with E-state index in [-0.39, 0.29) is 11.8 Å². The summed E-state index contributed by atoms with van der Waals surface area (Å²) in [5.41, 5.74) is 2.16. The number of anilines is 1. The molecule has 2 nitrogen and oxygen atoms in total. The Hall–Kier alpha value is -1.57. The maximum absolute atomic E-state index is 11.8. The lowest BCUT2D eigenvalue weighted by atomic mass is 10.0. The quantitative estimate of drug-likeness (QED) is 0.651. The topological polar surface area (TPSA) is 20.3 Å². The zero-order chi connectivity index (χ0) is 10.1. The number of hydrogen-bond acceptors (Lipinski definition) is 1. The van der Waals surface area contributed by atoms with Gasteiger partial charge in [0.25, 0.3) is 0 Å². The van der Waals surface area contributed by atoms with Crippen LogP contribution in [0.3, 0.4) is 0 Å². The maximum atomic E-state index is 11.8. The Labute approximate surface area is 83.8 Å². The van der Waals surface area contributed by atoms with E-state index >= 15 is 0 Å². The van der Waals surface area contributed by atoms with Gasteiger partial charge in [-0.15, -0.1) is 6.58 Å². The van der Waals surface area contributed by atoms with E-state index in [4.69, 9.17) is 0 Å². The Morgan fingerprint density at radius 2 is 2.21 bits per heavy atom. The molecule has 1 atom stereocenters. The number of hydrogen-bond donors (Lipinski definition) is 0. The Morgan fingerprint density at radius 3 is 2.93 bits per heavy atom. The molecule has 1 aliphatic heterocycles. The minimum absolute atomic E-state index is 0.00819. The van der Waals surface area contributed by atoms with Crippen LogP contribution in [-0.4, -0.2) is 12.5 Å². The summed E-state index contributed by atoms with van der Waals surface area (Å²) in [5.74, 6) is 0.164. The van der Waals surface area contributed by atoms with Gasteiger partial charge in [-0.05, 0) is 18.6 Å². The number of carbonyl (C=O) groups excluding carboxylic acids is 1. The highest BCUT2D eigenvalue weighted by molar-refractivity contribution is 6.04. The molecule has 1 heterocycles. The molecule has 0 fully saturated rings. The third-order valence-corrected chi connectivity index (χ3v) is 2.64. The summed E-state index contributed by atoms with van der Waals surface area (Å²) in [5, 5.41) is 0. The summed E-state index contributed by atoms with van der Waals surface area (Å²) < 4.78 is 0. The predicted molar refractivity (Wildman–Crippen MR) is 57.4 cm³/mol. The average Bonchev–Trinajstić information content (AvgIpc) is 2.45. The van der Waals surface area contributed by atoms with E-state index in [0.717, 1.165) is 11.3 Å². The van der Waals surface area contributed by atoms with Crippen molar-refractivity contribution in [3.8, 4) is 0 Å². The molecule has 72 valence electrons. The van der Waals surface area contributed by atoms with Crippen LogP contribution in [0.5, 0.6) is 0 Å². The zero-order valence-corrected chi connectivity index (χ0v) is 8.23.